The normalized spacial score (nSPS) is 11.6. The summed E-state index contributed by atoms with van der Waals surface area (Å²) in [6.07, 6.45) is 0.823. The Morgan fingerprint density at radius 3 is 2.52 bits per heavy atom. The second kappa shape index (κ2) is 12.5. The molecule has 2 aromatic carbocycles. The Morgan fingerprint density at radius 2 is 1.90 bits per heavy atom. The first-order valence-corrected chi connectivity index (χ1v) is 11.9. The van der Waals surface area contributed by atoms with Gasteiger partial charge in [-0.05, 0) is 36.6 Å². The summed E-state index contributed by atoms with van der Waals surface area (Å²) in [5, 5.41) is 13.6. The third-order valence-corrected chi connectivity index (χ3v) is 6.08. The van der Waals surface area contributed by atoms with Gasteiger partial charge in [-0.15, -0.1) is 11.8 Å². The van der Waals surface area contributed by atoms with Crippen molar-refractivity contribution in [2.45, 2.75) is 38.6 Å². The van der Waals surface area contributed by atoms with Crippen LogP contribution in [0, 0.1) is 10.1 Å². The number of thioether (sulfide) groups is 1. The van der Waals surface area contributed by atoms with Crippen LogP contribution in [0.15, 0.2) is 53.0 Å². The first kappa shape index (κ1) is 24.9. The minimum absolute atomic E-state index is 0.0388. The van der Waals surface area contributed by atoms with E-state index in [2.05, 4.69) is 21.2 Å². The zero-order valence-corrected chi connectivity index (χ0v) is 19.9. The first-order chi connectivity index (χ1) is 14.8. The van der Waals surface area contributed by atoms with Crippen LogP contribution in [0.5, 0.6) is 0 Å². The van der Waals surface area contributed by atoms with Gasteiger partial charge in [0.1, 0.15) is 6.04 Å². The topological polar surface area (TPSA) is 92.6 Å². The number of nitro groups is 1. The van der Waals surface area contributed by atoms with Crippen LogP contribution in [0.4, 0.5) is 5.69 Å². The maximum absolute atomic E-state index is 13.0. The van der Waals surface area contributed by atoms with E-state index in [9.17, 15) is 19.7 Å². The Hall–Kier alpha value is -2.39. The molecule has 0 bridgehead atoms. The summed E-state index contributed by atoms with van der Waals surface area (Å²) < 4.78 is 0.910. The van der Waals surface area contributed by atoms with E-state index in [1.54, 1.807) is 24.0 Å². The first-order valence-electron chi connectivity index (χ1n) is 9.94. The van der Waals surface area contributed by atoms with E-state index in [0.29, 0.717) is 18.8 Å². The summed E-state index contributed by atoms with van der Waals surface area (Å²) in [7, 11) is 0. The third kappa shape index (κ3) is 7.99. The van der Waals surface area contributed by atoms with Crippen LogP contribution in [-0.2, 0) is 21.9 Å². The summed E-state index contributed by atoms with van der Waals surface area (Å²) in [5.74, 6) is 0.443. The lowest BCUT2D eigenvalue weighted by Crippen LogP contribution is -2.48. The highest BCUT2D eigenvalue weighted by Gasteiger charge is 2.25. The van der Waals surface area contributed by atoms with Crippen LogP contribution >= 0.6 is 27.7 Å². The lowest BCUT2D eigenvalue weighted by atomic mass is 10.1. The maximum atomic E-state index is 13.0. The molecule has 0 radical (unpaired) electrons. The van der Waals surface area contributed by atoms with Crippen molar-refractivity contribution in [3.8, 4) is 0 Å². The van der Waals surface area contributed by atoms with Gasteiger partial charge in [0.15, 0.2) is 0 Å². The molecule has 31 heavy (non-hydrogen) atoms. The Morgan fingerprint density at radius 1 is 1.19 bits per heavy atom. The van der Waals surface area contributed by atoms with Gasteiger partial charge in [-0.25, -0.2) is 0 Å². The number of amides is 2. The van der Waals surface area contributed by atoms with E-state index in [4.69, 9.17) is 0 Å². The van der Waals surface area contributed by atoms with E-state index in [-0.39, 0.29) is 23.3 Å². The molecule has 7 nitrogen and oxygen atoms in total. The van der Waals surface area contributed by atoms with Crippen molar-refractivity contribution < 1.29 is 14.5 Å². The maximum Gasteiger partial charge on any atom is 0.269 e. The minimum atomic E-state index is -0.599. The molecule has 0 fully saturated rings. The molecule has 1 atom stereocenters. The number of non-ortho nitro benzene ring substituents is 1. The molecule has 0 aromatic heterocycles. The monoisotopic (exact) mass is 507 g/mol. The molecule has 2 aromatic rings. The molecule has 0 aliphatic carbocycles. The Labute approximate surface area is 194 Å². The van der Waals surface area contributed by atoms with E-state index in [1.165, 1.54) is 23.9 Å². The number of nitro benzene ring substituents is 1. The standard InChI is InChI=1S/C22H26BrN3O4S/c1-3-11-24-22(28)16(2)25(13-18-5-4-6-19(23)12-18)21(27)15-31-14-17-7-9-20(10-8-17)26(29)30/h4-10,12,16H,3,11,13-15H2,1-2H3,(H,24,28). The number of halogens is 1. The van der Waals surface area contributed by atoms with Crippen molar-refractivity contribution in [1.29, 1.82) is 0 Å². The number of carbonyl (C=O) groups excluding carboxylic acids is 2. The molecular formula is C22H26BrN3O4S. The minimum Gasteiger partial charge on any atom is -0.354 e. The molecule has 0 aliphatic heterocycles. The van der Waals surface area contributed by atoms with Gasteiger partial charge >= 0.3 is 0 Å². The summed E-state index contributed by atoms with van der Waals surface area (Å²) >= 11 is 4.86. The van der Waals surface area contributed by atoms with Gasteiger partial charge in [-0.2, -0.15) is 0 Å². The van der Waals surface area contributed by atoms with Gasteiger partial charge in [0.05, 0.1) is 10.7 Å². The predicted molar refractivity (Wildman–Crippen MR) is 127 cm³/mol. The molecule has 166 valence electrons. The van der Waals surface area contributed by atoms with E-state index in [1.807, 2.05) is 31.2 Å². The van der Waals surface area contributed by atoms with Crippen molar-refractivity contribution in [2.75, 3.05) is 12.3 Å². The molecular weight excluding hydrogens is 482 g/mol. The average molecular weight is 508 g/mol. The highest BCUT2D eigenvalue weighted by Crippen LogP contribution is 2.19. The molecule has 0 aliphatic rings. The van der Waals surface area contributed by atoms with Gasteiger partial charge < -0.3 is 10.2 Å². The van der Waals surface area contributed by atoms with Crippen molar-refractivity contribution in [3.05, 3.63) is 74.2 Å². The second-order valence-corrected chi connectivity index (χ2v) is 8.94. The molecule has 2 rings (SSSR count). The zero-order valence-electron chi connectivity index (χ0n) is 17.5. The summed E-state index contributed by atoms with van der Waals surface area (Å²) in [4.78, 5) is 37.4. The van der Waals surface area contributed by atoms with E-state index in [0.717, 1.165) is 22.0 Å². The quantitative estimate of drug-likeness (QED) is 0.356. The van der Waals surface area contributed by atoms with E-state index >= 15 is 0 Å². The Kier molecular flexibility index (Phi) is 10.00. The molecule has 0 spiro atoms. The van der Waals surface area contributed by atoms with E-state index < -0.39 is 11.0 Å². The third-order valence-electron chi connectivity index (χ3n) is 4.60. The van der Waals surface area contributed by atoms with Gasteiger partial charge in [0, 0.05) is 35.4 Å². The van der Waals surface area contributed by atoms with Crippen LogP contribution in [0.3, 0.4) is 0 Å². The molecule has 0 saturated heterocycles. The molecule has 1 unspecified atom stereocenters. The predicted octanol–water partition coefficient (Wildman–Crippen LogP) is 4.53. The number of nitrogens with zero attached hydrogens (tertiary/aromatic N) is 2. The number of nitrogens with one attached hydrogen (secondary N) is 1. The second-order valence-electron chi connectivity index (χ2n) is 7.03. The number of rotatable bonds is 11. The largest absolute Gasteiger partial charge is 0.354 e. The summed E-state index contributed by atoms with van der Waals surface area (Å²) in [6.45, 7) is 4.61. The number of benzene rings is 2. The zero-order chi connectivity index (χ0) is 22.8. The van der Waals surface area contributed by atoms with Crippen molar-refractivity contribution in [1.82, 2.24) is 10.2 Å². The van der Waals surface area contributed by atoms with Crippen LogP contribution in [0.25, 0.3) is 0 Å². The lowest BCUT2D eigenvalue weighted by molar-refractivity contribution is -0.384. The highest BCUT2D eigenvalue weighted by molar-refractivity contribution is 9.10. The fourth-order valence-electron chi connectivity index (χ4n) is 2.86. The van der Waals surface area contributed by atoms with Crippen molar-refractivity contribution >= 4 is 45.2 Å². The van der Waals surface area contributed by atoms with Crippen LogP contribution in [0.1, 0.15) is 31.4 Å². The summed E-state index contributed by atoms with van der Waals surface area (Å²) in [5.41, 5.74) is 1.87. The number of hydrogen-bond acceptors (Lipinski definition) is 5. The van der Waals surface area contributed by atoms with Crippen LogP contribution < -0.4 is 5.32 Å². The lowest BCUT2D eigenvalue weighted by Gasteiger charge is -2.29. The molecule has 2 amide bonds. The Bertz CT molecular complexity index is 908. The molecule has 9 heteroatoms. The highest BCUT2D eigenvalue weighted by atomic mass is 79.9. The van der Waals surface area contributed by atoms with Crippen molar-refractivity contribution in [2.24, 2.45) is 0 Å². The smallest absolute Gasteiger partial charge is 0.269 e. The van der Waals surface area contributed by atoms with Crippen molar-refractivity contribution in [3.63, 3.8) is 0 Å². The molecule has 0 heterocycles. The SMILES string of the molecule is CCCNC(=O)C(C)N(Cc1cccc(Br)c1)C(=O)CSCc1ccc([N+](=O)[O-])cc1. The fourth-order valence-corrected chi connectivity index (χ4v) is 4.18. The van der Waals surface area contributed by atoms with Crippen LogP contribution in [-0.4, -0.2) is 40.0 Å². The molecule has 0 saturated carbocycles. The Balaban J connectivity index is 2.03. The van der Waals surface area contributed by atoms with Crippen LogP contribution in [0.2, 0.25) is 0 Å². The summed E-state index contributed by atoms with van der Waals surface area (Å²) in [6, 6.07) is 13.4. The number of hydrogen-bond donors (Lipinski definition) is 1. The fraction of sp³-hybridized carbons (Fsp3) is 0.364. The average Bonchev–Trinajstić information content (AvgIpc) is 2.75. The number of carbonyl (C=O) groups is 2. The van der Waals surface area contributed by atoms with Gasteiger partial charge in [0.25, 0.3) is 5.69 Å². The van der Waals surface area contributed by atoms with Gasteiger partial charge in [0.2, 0.25) is 11.8 Å². The van der Waals surface area contributed by atoms with Gasteiger partial charge in [-0.1, -0.05) is 47.1 Å². The van der Waals surface area contributed by atoms with Gasteiger partial charge in [-0.3, -0.25) is 19.7 Å². The molecule has 1 N–H and O–H groups in total.